The summed E-state index contributed by atoms with van der Waals surface area (Å²) in [6.07, 6.45) is 4.01. The van der Waals surface area contributed by atoms with Gasteiger partial charge in [0.05, 0.1) is 0 Å². The van der Waals surface area contributed by atoms with Crippen molar-refractivity contribution < 1.29 is 9.09 Å². The summed E-state index contributed by atoms with van der Waals surface area (Å²) in [5, 5.41) is 0. The molecule has 0 fully saturated rings. The molecule has 0 amide bonds. The number of likely N-dealkylation sites (N-methyl/N-ethyl adjacent to an activating group) is 2. The maximum atomic E-state index is 12.9. The summed E-state index contributed by atoms with van der Waals surface area (Å²) < 4.78 is 22.1. The van der Waals surface area contributed by atoms with Crippen LogP contribution in [0.1, 0.15) is 0 Å². The van der Waals surface area contributed by atoms with Crippen molar-refractivity contribution >= 4 is 7.67 Å². The number of para-hydroxylation sites is 1. The highest BCUT2D eigenvalue weighted by Gasteiger charge is 2.35. The Hall–Kier alpha value is -1.09. The van der Waals surface area contributed by atoms with Gasteiger partial charge in [0.1, 0.15) is 5.75 Å². The normalized spacial score (nSPS) is 21.1. The first-order valence-corrected chi connectivity index (χ1v) is 7.09. The number of rotatable bonds is 2. The minimum Gasteiger partial charge on any atom is -0.422 e. The minimum absolute atomic E-state index is 0.633. The Morgan fingerprint density at radius 2 is 1.59 bits per heavy atom. The van der Waals surface area contributed by atoms with Crippen molar-refractivity contribution in [3.8, 4) is 5.75 Å². The van der Waals surface area contributed by atoms with Crippen LogP contribution in [0.5, 0.6) is 5.75 Å². The van der Waals surface area contributed by atoms with Crippen molar-refractivity contribution in [2.75, 3.05) is 27.2 Å². The van der Waals surface area contributed by atoms with Gasteiger partial charge in [-0.25, -0.2) is 13.9 Å². The molecule has 0 aromatic heterocycles. The highest BCUT2D eigenvalue weighted by atomic mass is 31.2. The molecule has 0 unspecified atom stereocenters. The Morgan fingerprint density at radius 3 is 2.12 bits per heavy atom. The van der Waals surface area contributed by atoms with Crippen LogP contribution in [0.4, 0.5) is 0 Å². The van der Waals surface area contributed by atoms with E-state index in [2.05, 4.69) is 0 Å². The van der Waals surface area contributed by atoms with E-state index in [4.69, 9.17) is 4.52 Å². The van der Waals surface area contributed by atoms with E-state index >= 15 is 0 Å². The summed E-state index contributed by atoms with van der Waals surface area (Å²) in [6.45, 7) is 1.27. The number of nitrogens with zero attached hydrogens (tertiary/aromatic N) is 2. The second kappa shape index (κ2) is 5.05. The van der Waals surface area contributed by atoms with E-state index in [1.165, 1.54) is 0 Å². The van der Waals surface area contributed by atoms with Crippen LogP contribution in [-0.4, -0.2) is 36.5 Å². The summed E-state index contributed by atoms with van der Waals surface area (Å²) >= 11 is 0. The lowest BCUT2D eigenvalue weighted by atomic mass is 10.3. The maximum absolute atomic E-state index is 12.9. The van der Waals surface area contributed by atoms with E-state index in [0.29, 0.717) is 18.8 Å². The first-order valence-electron chi connectivity index (χ1n) is 5.56. The van der Waals surface area contributed by atoms with Crippen LogP contribution in [0, 0.1) is 0 Å². The van der Waals surface area contributed by atoms with Crippen molar-refractivity contribution in [2.24, 2.45) is 0 Å². The summed E-state index contributed by atoms with van der Waals surface area (Å²) in [5.41, 5.74) is 0. The Bertz CT molecular complexity index is 429. The minimum atomic E-state index is -2.96. The fourth-order valence-electron chi connectivity index (χ4n) is 1.68. The zero-order chi connectivity index (χ0) is 12.3. The molecule has 0 spiro atoms. The topological polar surface area (TPSA) is 32.8 Å². The summed E-state index contributed by atoms with van der Waals surface area (Å²) in [4.78, 5) is 0. The molecular formula is C12H17N2O2P. The Balaban J connectivity index is 2.24. The average molecular weight is 252 g/mol. The molecule has 0 N–H and O–H groups in total. The van der Waals surface area contributed by atoms with Gasteiger partial charge in [0.15, 0.2) is 0 Å². The molecule has 5 heteroatoms. The molecule has 0 saturated heterocycles. The molecular weight excluding hydrogens is 235 g/mol. The molecule has 17 heavy (non-hydrogen) atoms. The molecule has 2 rings (SSSR count). The van der Waals surface area contributed by atoms with Gasteiger partial charge in [0.25, 0.3) is 0 Å². The third kappa shape index (κ3) is 2.60. The van der Waals surface area contributed by atoms with Crippen LogP contribution < -0.4 is 4.52 Å². The number of benzene rings is 1. The van der Waals surface area contributed by atoms with Gasteiger partial charge in [-0.3, -0.25) is 0 Å². The molecule has 1 aromatic carbocycles. The van der Waals surface area contributed by atoms with Crippen LogP contribution in [0.15, 0.2) is 42.5 Å². The lowest BCUT2D eigenvalue weighted by molar-refractivity contribution is 0.339. The second-order valence-corrected chi connectivity index (χ2v) is 6.58. The molecule has 0 radical (unpaired) electrons. The quantitative estimate of drug-likeness (QED) is 0.598. The third-order valence-electron chi connectivity index (χ3n) is 2.74. The van der Waals surface area contributed by atoms with Gasteiger partial charge in [0, 0.05) is 13.1 Å². The zero-order valence-electron chi connectivity index (χ0n) is 10.1. The van der Waals surface area contributed by atoms with Gasteiger partial charge >= 0.3 is 7.67 Å². The van der Waals surface area contributed by atoms with Crippen molar-refractivity contribution in [3.05, 3.63) is 42.5 Å². The van der Waals surface area contributed by atoms with Crippen LogP contribution >= 0.6 is 7.67 Å². The maximum Gasteiger partial charge on any atom is 0.395 e. The predicted molar refractivity (Wildman–Crippen MR) is 69.1 cm³/mol. The zero-order valence-corrected chi connectivity index (χ0v) is 11.0. The molecule has 0 aliphatic carbocycles. The predicted octanol–water partition coefficient (Wildman–Crippen LogP) is 2.61. The van der Waals surface area contributed by atoms with Crippen molar-refractivity contribution in [3.63, 3.8) is 0 Å². The first kappa shape index (κ1) is 12.4. The van der Waals surface area contributed by atoms with E-state index in [1.54, 1.807) is 9.34 Å². The number of hydrogen-bond donors (Lipinski definition) is 0. The van der Waals surface area contributed by atoms with Crippen molar-refractivity contribution in [1.82, 2.24) is 9.34 Å². The summed E-state index contributed by atoms with van der Waals surface area (Å²) in [6, 6.07) is 9.29. The standard InChI is InChI=1S/C12H17N2O2P/c1-13-10-6-7-11-14(2)17(13,15)16-12-8-4-3-5-9-12/h3-9H,10-11H2,1-2H3. The van der Waals surface area contributed by atoms with Crippen LogP contribution in [0.3, 0.4) is 0 Å². The summed E-state index contributed by atoms with van der Waals surface area (Å²) in [5.74, 6) is 0.636. The number of hydrogen-bond acceptors (Lipinski definition) is 2. The highest BCUT2D eigenvalue weighted by molar-refractivity contribution is 7.54. The molecule has 1 aliphatic rings. The Labute approximate surface area is 102 Å². The summed E-state index contributed by atoms with van der Waals surface area (Å²) in [7, 11) is 0.674. The molecule has 0 saturated carbocycles. The Morgan fingerprint density at radius 1 is 1.06 bits per heavy atom. The van der Waals surface area contributed by atoms with Gasteiger partial charge in [0.2, 0.25) is 0 Å². The van der Waals surface area contributed by atoms with E-state index in [9.17, 15) is 4.57 Å². The van der Waals surface area contributed by atoms with Crippen molar-refractivity contribution in [2.45, 2.75) is 0 Å². The van der Waals surface area contributed by atoms with E-state index in [-0.39, 0.29) is 0 Å². The average Bonchev–Trinajstić information content (AvgIpc) is 2.45. The second-order valence-electron chi connectivity index (χ2n) is 4.05. The molecule has 0 atom stereocenters. The third-order valence-corrected chi connectivity index (χ3v) is 5.24. The van der Waals surface area contributed by atoms with Gasteiger partial charge in [-0.15, -0.1) is 0 Å². The van der Waals surface area contributed by atoms with Crippen LogP contribution in [0.25, 0.3) is 0 Å². The molecule has 1 aliphatic heterocycles. The molecule has 1 heterocycles. The molecule has 0 bridgehead atoms. The van der Waals surface area contributed by atoms with Crippen LogP contribution in [0.2, 0.25) is 0 Å². The van der Waals surface area contributed by atoms with E-state index in [0.717, 1.165) is 0 Å². The van der Waals surface area contributed by atoms with Gasteiger partial charge in [-0.05, 0) is 26.2 Å². The smallest absolute Gasteiger partial charge is 0.395 e. The lowest BCUT2D eigenvalue weighted by Crippen LogP contribution is -2.28. The molecule has 4 nitrogen and oxygen atoms in total. The highest BCUT2D eigenvalue weighted by Crippen LogP contribution is 2.52. The van der Waals surface area contributed by atoms with Gasteiger partial charge in [-0.1, -0.05) is 30.4 Å². The molecule has 1 aromatic rings. The van der Waals surface area contributed by atoms with Crippen LogP contribution in [-0.2, 0) is 4.57 Å². The largest absolute Gasteiger partial charge is 0.422 e. The fraction of sp³-hybridized carbons (Fsp3) is 0.333. The monoisotopic (exact) mass is 252 g/mol. The first-order chi connectivity index (χ1) is 8.13. The van der Waals surface area contributed by atoms with Gasteiger partial charge < -0.3 is 4.52 Å². The fourth-order valence-corrected chi connectivity index (χ4v) is 3.48. The Kier molecular flexibility index (Phi) is 3.67. The van der Waals surface area contributed by atoms with Gasteiger partial charge in [-0.2, -0.15) is 0 Å². The molecule has 92 valence electrons. The van der Waals surface area contributed by atoms with E-state index in [1.807, 2.05) is 56.6 Å². The van der Waals surface area contributed by atoms with E-state index < -0.39 is 7.67 Å². The lowest BCUT2D eigenvalue weighted by Gasteiger charge is -2.31. The van der Waals surface area contributed by atoms with Crippen molar-refractivity contribution in [1.29, 1.82) is 0 Å². The SMILES string of the molecule is CN1CC=CCN(C)P1(=O)Oc1ccccc1.